The molecule has 0 amide bonds. The third-order valence-corrected chi connectivity index (χ3v) is 6.40. The summed E-state index contributed by atoms with van der Waals surface area (Å²) in [6, 6.07) is 18.1. The summed E-state index contributed by atoms with van der Waals surface area (Å²) in [7, 11) is -4.35. The third-order valence-electron chi connectivity index (χ3n) is 4.39. The molecule has 0 aromatic heterocycles. The van der Waals surface area contributed by atoms with E-state index in [2.05, 4.69) is 11.9 Å². The molecule has 2 aliphatic rings. The molecule has 4 rings (SSSR count). The Morgan fingerprint density at radius 1 is 1.07 bits per heavy atom. The average molecular weight is 411 g/mol. The Morgan fingerprint density at radius 2 is 1.82 bits per heavy atom. The largest absolute Gasteiger partial charge is 0.296 e. The van der Waals surface area contributed by atoms with E-state index in [4.69, 9.17) is 4.98 Å². The molecule has 0 atom stereocenters. The summed E-state index contributed by atoms with van der Waals surface area (Å²) < 4.78 is 34.0. The lowest BCUT2D eigenvalue weighted by Crippen LogP contribution is -2.11. The second-order valence-corrected chi connectivity index (χ2v) is 8.91. The van der Waals surface area contributed by atoms with Crippen LogP contribution in [0.3, 0.4) is 0 Å². The van der Waals surface area contributed by atoms with E-state index >= 15 is 0 Å². The van der Waals surface area contributed by atoms with Crippen LogP contribution < -0.4 is 5.36 Å². The van der Waals surface area contributed by atoms with Crippen molar-refractivity contribution in [2.75, 3.05) is 0 Å². The van der Waals surface area contributed by atoms with Gasteiger partial charge in [-0.05, 0) is 48.4 Å². The van der Waals surface area contributed by atoms with Crippen LogP contribution in [0.4, 0.5) is 5.69 Å². The molecule has 0 saturated carbocycles. The summed E-state index contributed by atoms with van der Waals surface area (Å²) in [4.78, 5) is 10.1. The highest BCUT2D eigenvalue weighted by atomic mass is 32.2. The van der Waals surface area contributed by atoms with Crippen LogP contribution in [0.25, 0.3) is 20.8 Å². The number of aromatic nitrogens is 1. The maximum absolute atomic E-state index is 11.7. The first kappa shape index (κ1) is 18.7. The number of nitrogens with zero attached hydrogens (tertiary/aromatic N) is 2. The van der Waals surface area contributed by atoms with Crippen LogP contribution in [-0.2, 0) is 16.5 Å². The first-order chi connectivity index (χ1) is 13.5. The molecule has 7 heteroatoms. The molecule has 1 aliphatic heterocycles. The molecule has 0 saturated heterocycles. The molecule has 2 aromatic carbocycles. The molecule has 1 heterocycles. The Kier molecular flexibility index (Phi) is 4.97. The molecule has 2 aromatic rings. The Hall–Kier alpha value is -2.61. The lowest BCUT2D eigenvalue weighted by atomic mass is 10.1. The van der Waals surface area contributed by atoms with Gasteiger partial charge in [0.15, 0.2) is 0 Å². The van der Waals surface area contributed by atoms with Crippen LogP contribution in [0.1, 0.15) is 18.9 Å². The summed E-state index contributed by atoms with van der Waals surface area (Å²) in [5, 5.41) is 0.693. The third kappa shape index (κ3) is 3.69. The van der Waals surface area contributed by atoms with Crippen molar-refractivity contribution >= 4 is 37.4 Å². The van der Waals surface area contributed by atoms with Crippen molar-refractivity contribution in [3.63, 3.8) is 0 Å². The van der Waals surface area contributed by atoms with Crippen LogP contribution in [0, 0.1) is 0 Å². The zero-order valence-electron chi connectivity index (χ0n) is 15.2. The van der Waals surface area contributed by atoms with Crippen molar-refractivity contribution in [2.45, 2.75) is 24.7 Å². The molecule has 0 bridgehead atoms. The summed E-state index contributed by atoms with van der Waals surface area (Å²) in [5.74, 6) is 0. The van der Waals surface area contributed by atoms with Gasteiger partial charge in [0, 0.05) is 0 Å². The number of fused-ring (bicyclic) bond motifs is 2. The number of benzene rings is 3. The fraction of sp³-hybridized carbons (Fsp3) is 0.143. The van der Waals surface area contributed by atoms with Crippen molar-refractivity contribution in [2.24, 2.45) is 4.99 Å². The quantitative estimate of drug-likeness (QED) is 0.386. The second-order valence-electron chi connectivity index (χ2n) is 6.43. The normalized spacial score (nSPS) is 12.7. The molecular formula is C21H18N2O3S2. The van der Waals surface area contributed by atoms with Crippen molar-refractivity contribution in [1.29, 1.82) is 0 Å². The van der Waals surface area contributed by atoms with Crippen molar-refractivity contribution in [3.8, 4) is 10.6 Å². The van der Waals surface area contributed by atoms with Gasteiger partial charge in [-0.15, -0.1) is 11.3 Å². The summed E-state index contributed by atoms with van der Waals surface area (Å²) in [6.07, 6.45) is 1.72. The molecule has 0 spiro atoms. The minimum absolute atomic E-state index is 0.196. The van der Waals surface area contributed by atoms with E-state index in [1.165, 1.54) is 6.07 Å². The molecule has 0 radical (unpaired) electrons. The van der Waals surface area contributed by atoms with Crippen molar-refractivity contribution in [1.82, 2.24) is 4.98 Å². The molecule has 1 aliphatic carbocycles. The highest BCUT2D eigenvalue weighted by Gasteiger charge is 2.15. The first-order valence-corrected chi connectivity index (χ1v) is 11.1. The van der Waals surface area contributed by atoms with E-state index in [-0.39, 0.29) is 10.6 Å². The minimum Gasteiger partial charge on any atom is -0.282 e. The van der Waals surface area contributed by atoms with Crippen LogP contribution >= 0.6 is 11.3 Å². The Labute approximate surface area is 167 Å². The smallest absolute Gasteiger partial charge is 0.282 e. The zero-order valence-corrected chi connectivity index (χ0v) is 16.8. The van der Waals surface area contributed by atoms with Gasteiger partial charge in [-0.1, -0.05) is 37.6 Å². The van der Waals surface area contributed by atoms with Crippen LogP contribution in [0.15, 0.2) is 70.6 Å². The maximum atomic E-state index is 11.7. The highest BCUT2D eigenvalue weighted by Crippen LogP contribution is 2.30. The van der Waals surface area contributed by atoms with E-state index in [1.54, 1.807) is 29.5 Å². The molecule has 0 fully saturated rings. The van der Waals surface area contributed by atoms with Gasteiger partial charge >= 0.3 is 0 Å². The predicted octanol–water partition coefficient (Wildman–Crippen LogP) is 4.83. The monoisotopic (exact) mass is 410 g/mol. The lowest BCUT2D eigenvalue weighted by molar-refractivity contribution is 0.483. The second kappa shape index (κ2) is 7.43. The topological polar surface area (TPSA) is 79.6 Å². The molecule has 0 unspecified atom stereocenters. The van der Waals surface area contributed by atoms with Crippen LogP contribution in [0.2, 0.25) is 0 Å². The van der Waals surface area contributed by atoms with E-state index in [0.717, 1.165) is 39.2 Å². The SMILES string of the molecule is CCCc1cc2nc3ccccc3sc-2c/c1=N\c1ccccc1S(=O)(=O)O. The highest BCUT2D eigenvalue weighted by molar-refractivity contribution is 7.86. The van der Waals surface area contributed by atoms with Gasteiger partial charge in [0.05, 0.1) is 31.8 Å². The molecule has 142 valence electrons. The van der Waals surface area contributed by atoms with Gasteiger partial charge in [0.25, 0.3) is 10.1 Å². The number of para-hydroxylation sites is 2. The summed E-state index contributed by atoms with van der Waals surface area (Å²) in [6.45, 7) is 2.08. The molecule has 1 N–H and O–H groups in total. The summed E-state index contributed by atoms with van der Waals surface area (Å²) >= 11 is 1.62. The van der Waals surface area contributed by atoms with E-state index in [0.29, 0.717) is 5.36 Å². The molecular weight excluding hydrogens is 392 g/mol. The van der Waals surface area contributed by atoms with Gasteiger partial charge < -0.3 is 0 Å². The predicted molar refractivity (Wildman–Crippen MR) is 112 cm³/mol. The van der Waals surface area contributed by atoms with Crippen molar-refractivity contribution < 1.29 is 13.0 Å². The lowest BCUT2D eigenvalue weighted by Gasteiger charge is -2.10. The minimum atomic E-state index is -4.35. The van der Waals surface area contributed by atoms with Gasteiger partial charge in [-0.25, -0.2) is 9.98 Å². The number of aryl methyl sites for hydroxylation is 1. The summed E-state index contributed by atoms with van der Waals surface area (Å²) in [5.41, 5.74) is 3.06. The average Bonchev–Trinajstić information content (AvgIpc) is 2.67. The Morgan fingerprint density at radius 3 is 2.61 bits per heavy atom. The van der Waals surface area contributed by atoms with Gasteiger partial charge in [-0.2, -0.15) is 8.42 Å². The fourth-order valence-corrected chi connectivity index (χ4v) is 4.74. The van der Waals surface area contributed by atoms with Crippen molar-refractivity contribution in [3.05, 3.63) is 71.6 Å². The molecule has 5 nitrogen and oxygen atoms in total. The first-order valence-electron chi connectivity index (χ1n) is 8.89. The van der Waals surface area contributed by atoms with Gasteiger partial charge in [0.2, 0.25) is 0 Å². The van der Waals surface area contributed by atoms with Crippen LogP contribution in [-0.4, -0.2) is 18.0 Å². The number of hydrogen-bond donors (Lipinski definition) is 1. The standard InChI is InChI=1S/C21H18N2O3S2/c1-2-7-14-12-18-20(27-19-10-5-3-8-15(19)22-18)13-17(14)23-16-9-4-6-11-21(16)28(24,25)26/h3-6,8-13H,2,7H2,1H3,(H,24,25,26)/b23-17+. The number of hydrogen-bond acceptors (Lipinski definition) is 5. The van der Waals surface area contributed by atoms with Gasteiger partial charge in [0.1, 0.15) is 4.90 Å². The number of rotatable bonds is 4. The van der Waals surface area contributed by atoms with E-state index in [1.807, 2.05) is 36.4 Å². The van der Waals surface area contributed by atoms with E-state index in [9.17, 15) is 13.0 Å². The Balaban J connectivity index is 2.01. The van der Waals surface area contributed by atoms with Gasteiger partial charge in [-0.3, -0.25) is 4.55 Å². The van der Waals surface area contributed by atoms with E-state index < -0.39 is 10.1 Å². The Bertz CT molecular complexity index is 1310. The zero-order chi connectivity index (χ0) is 19.7. The molecule has 28 heavy (non-hydrogen) atoms. The fourth-order valence-electron chi connectivity index (χ4n) is 3.13. The van der Waals surface area contributed by atoms with Crippen LogP contribution in [0.5, 0.6) is 0 Å². The maximum Gasteiger partial charge on any atom is 0.296 e.